The van der Waals surface area contributed by atoms with E-state index in [0.29, 0.717) is 22.1 Å². The molecule has 0 aliphatic heterocycles. The first kappa shape index (κ1) is 18.5. The molecule has 0 spiro atoms. The second-order valence-electron chi connectivity index (χ2n) is 5.85. The predicted octanol–water partition coefficient (Wildman–Crippen LogP) is 4.44. The Balaban J connectivity index is 2.01. The van der Waals surface area contributed by atoms with Crippen LogP contribution in [0.25, 0.3) is 10.9 Å². The van der Waals surface area contributed by atoms with Crippen molar-refractivity contribution in [2.75, 3.05) is 13.2 Å². The van der Waals surface area contributed by atoms with Crippen molar-refractivity contribution in [1.82, 2.24) is 4.98 Å². The normalized spacial score (nSPS) is 12.3. The van der Waals surface area contributed by atoms with Crippen molar-refractivity contribution in [3.05, 3.63) is 64.9 Å². The summed E-state index contributed by atoms with van der Waals surface area (Å²) in [6.07, 6.45) is 1.46. The van der Waals surface area contributed by atoms with E-state index in [-0.39, 0.29) is 30.3 Å². The fourth-order valence-corrected chi connectivity index (χ4v) is 3.43. The summed E-state index contributed by atoms with van der Waals surface area (Å²) in [5.41, 5.74) is 1.70. The van der Waals surface area contributed by atoms with Gasteiger partial charge in [0.2, 0.25) is 0 Å². The van der Waals surface area contributed by atoms with Crippen LogP contribution in [0, 0.1) is 18.6 Å². The molecule has 3 aromatic rings. The average Bonchev–Trinajstić information content (AvgIpc) is 3.02. The standard InChI is InChI=1S/C19H16BrF2NO3/c1-10-6-13-14(9-23-18(13)15(22)7-10)19(25)17(20)12-3-2-11(21)8-16(12)26-5-4-24/h2-3,6-9,17,23-24H,4-5H2,1H3. The molecule has 26 heavy (non-hydrogen) atoms. The van der Waals surface area contributed by atoms with Gasteiger partial charge in [0.15, 0.2) is 5.78 Å². The van der Waals surface area contributed by atoms with Crippen molar-refractivity contribution in [1.29, 1.82) is 0 Å². The van der Waals surface area contributed by atoms with Crippen LogP contribution in [0.3, 0.4) is 0 Å². The van der Waals surface area contributed by atoms with Crippen LogP contribution in [0.1, 0.15) is 26.3 Å². The Hall–Kier alpha value is -2.25. The smallest absolute Gasteiger partial charge is 0.183 e. The van der Waals surface area contributed by atoms with Gasteiger partial charge in [-0.2, -0.15) is 0 Å². The zero-order valence-electron chi connectivity index (χ0n) is 13.9. The third kappa shape index (κ3) is 3.50. The summed E-state index contributed by atoms with van der Waals surface area (Å²) in [6, 6.07) is 6.95. The second kappa shape index (κ2) is 7.55. The summed E-state index contributed by atoms with van der Waals surface area (Å²) < 4.78 is 32.9. The summed E-state index contributed by atoms with van der Waals surface area (Å²) in [6.45, 7) is 1.48. The zero-order chi connectivity index (χ0) is 18.8. The van der Waals surface area contributed by atoms with Crippen LogP contribution in [-0.2, 0) is 0 Å². The lowest BCUT2D eigenvalue weighted by Crippen LogP contribution is -2.10. The molecule has 0 aliphatic carbocycles. The second-order valence-corrected chi connectivity index (χ2v) is 6.77. The van der Waals surface area contributed by atoms with Gasteiger partial charge in [-0.3, -0.25) is 4.79 Å². The number of alkyl halides is 1. The maximum Gasteiger partial charge on any atom is 0.183 e. The minimum Gasteiger partial charge on any atom is -0.491 e. The van der Waals surface area contributed by atoms with E-state index in [2.05, 4.69) is 20.9 Å². The highest BCUT2D eigenvalue weighted by Crippen LogP contribution is 2.36. The molecule has 1 heterocycles. The summed E-state index contributed by atoms with van der Waals surface area (Å²) in [5.74, 6) is -1.10. The van der Waals surface area contributed by atoms with Gasteiger partial charge in [0.25, 0.3) is 0 Å². The SMILES string of the molecule is Cc1cc(F)c2[nH]cc(C(=O)C(Br)c3ccc(F)cc3OCCO)c2c1. The Morgan fingerprint density at radius 1 is 1.31 bits per heavy atom. The van der Waals surface area contributed by atoms with Crippen molar-refractivity contribution in [2.45, 2.75) is 11.8 Å². The number of halogens is 3. The third-order valence-electron chi connectivity index (χ3n) is 3.98. The lowest BCUT2D eigenvalue weighted by molar-refractivity contribution is 0.0991. The molecular weight excluding hydrogens is 408 g/mol. The van der Waals surface area contributed by atoms with Gasteiger partial charge < -0.3 is 14.8 Å². The zero-order valence-corrected chi connectivity index (χ0v) is 15.4. The van der Waals surface area contributed by atoms with E-state index < -0.39 is 16.5 Å². The topological polar surface area (TPSA) is 62.3 Å². The molecule has 0 aliphatic rings. The number of aromatic amines is 1. The number of Topliss-reactive ketones (excluding diaryl/α,β-unsaturated/α-hetero) is 1. The number of hydrogen-bond acceptors (Lipinski definition) is 3. The number of aryl methyl sites for hydroxylation is 1. The van der Waals surface area contributed by atoms with Crippen LogP contribution in [-0.4, -0.2) is 29.1 Å². The van der Waals surface area contributed by atoms with E-state index >= 15 is 0 Å². The molecule has 0 fully saturated rings. The number of H-pyrrole nitrogens is 1. The lowest BCUT2D eigenvalue weighted by Gasteiger charge is -2.15. The van der Waals surface area contributed by atoms with Crippen molar-refractivity contribution < 1.29 is 23.4 Å². The van der Waals surface area contributed by atoms with E-state index in [9.17, 15) is 13.6 Å². The number of hydrogen-bond donors (Lipinski definition) is 2. The number of aliphatic hydroxyl groups is 1. The summed E-state index contributed by atoms with van der Waals surface area (Å²) >= 11 is 3.34. The number of carbonyl (C=O) groups excluding carboxylic acids is 1. The van der Waals surface area contributed by atoms with Crippen molar-refractivity contribution in [2.24, 2.45) is 0 Å². The van der Waals surface area contributed by atoms with Gasteiger partial charge in [-0.1, -0.05) is 22.0 Å². The van der Waals surface area contributed by atoms with Crippen LogP contribution in [0.2, 0.25) is 0 Å². The van der Waals surface area contributed by atoms with Crippen LogP contribution >= 0.6 is 15.9 Å². The van der Waals surface area contributed by atoms with Gasteiger partial charge in [-0.05, 0) is 30.7 Å². The molecule has 1 unspecified atom stereocenters. The number of carbonyl (C=O) groups is 1. The van der Waals surface area contributed by atoms with E-state index in [1.807, 2.05) is 0 Å². The van der Waals surface area contributed by atoms with Gasteiger partial charge in [0.05, 0.1) is 12.1 Å². The van der Waals surface area contributed by atoms with Crippen molar-refractivity contribution in [3.63, 3.8) is 0 Å². The van der Waals surface area contributed by atoms with Gasteiger partial charge >= 0.3 is 0 Å². The highest BCUT2D eigenvalue weighted by atomic mass is 79.9. The maximum absolute atomic E-state index is 14.1. The van der Waals surface area contributed by atoms with Crippen molar-refractivity contribution >= 4 is 32.6 Å². The van der Waals surface area contributed by atoms with Gasteiger partial charge in [-0.25, -0.2) is 8.78 Å². The number of nitrogens with one attached hydrogen (secondary N) is 1. The third-order valence-corrected chi connectivity index (χ3v) is 4.89. The first-order chi connectivity index (χ1) is 12.4. The number of aliphatic hydroxyl groups excluding tert-OH is 1. The van der Waals surface area contributed by atoms with E-state index in [4.69, 9.17) is 9.84 Å². The fraction of sp³-hybridized carbons (Fsp3) is 0.211. The molecule has 0 bridgehead atoms. The van der Waals surface area contributed by atoms with Gasteiger partial charge in [-0.15, -0.1) is 0 Å². The monoisotopic (exact) mass is 423 g/mol. The molecule has 0 saturated carbocycles. The first-order valence-corrected chi connectivity index (χ1v) is 8.82. The number of ketones is 1. The largest absolute Gasteiger partial charge is 0.491 e. The summed E-state index contributed by atoms with van der Waals surface area (Å²) in [7, 11) is 0. The number of fused-ring (bicyclic) bond motifs is 1. The number of rotatable bonds is 6. The molecule has 7 heteroatoms. The van der Waals surface area contributed by atoms with E-state index in [1.54, 1.807) is 13.0 Å². The highest BCUT2D eigenvalue weighted by molar-refractivity contribution is 9.09. The van der Waals surface area contributed by atoms with Gasteiger partial charge in [0.1, 0.15) is 28.8 Å². The molecule has 2 N–H and O–H groups in total. The van der Waals surface area contributed by atoms with Crippen molar-refractivity contribution in [3.8, 4) is 5.75 Å². The predicted molar refractivity (Wildman–Crippen MR) is 98.0 cm³/mol. The summed E-state index contributed by atoms with van der Waals surface area (Å²) in [5, 5.41) is 9.40. The number of ether oxygens (including phenoxy) is 1. The Bertz CT molecular complexity index is 971. The molecule has 1 aromatic heterocycles. The molecule has 136 valence electrons. The van der Waals surface area contributed by atoms with E-state index in [1.165, 1.54) is 24.4 Å². The quantitative estimate of drug-likeness (QED) is 0.454. The van der Waals surface area contributed by atoms with Crippen LogP contribution in [0.5, 0.6) is 5.75 Å². The fourth-order valence-electron chi connectivity index (χ4n) is 2.80. The molecule has 0 saturated heterocycles. The Morgan fingerprint density at radius 2 is 2.08 bits per heavy atom. The minimum absolute atomic E-state index is 0.0259. The number of benzene rings is 2. The molecule has 1 atom stereocenters. The number of aromatic nitrogens is 1. The lowest BCUT2D eigenvalue weighted by atomic mass is 10.0. The minimum atomic E-state index is -0.820. The Morgan fingerprint density at radius 3 is 2.81 bits per heavy atom. The summed E-state index contributed by atoms with van der Waals surface area (Å²) in [4.78, 5) is 14.9. The molecule has 0 radical (unpaired) electrons. The van der Waals surface area contributed by atoms with Crippen LogP contribution < -0.4 is 4.74 Å². The average molecular weight is 424 g/mol. The Kier molecular flexibility index (Phi) is 5.38. The molecule has 3 rings (SSSR count). The van der Waals surface area contributed by atoms with Crippen LogP contribution in [0.4, 0.5) is 8.78 Å². The molecule has 2 aromatic carbocycles. The maximum atomic E-state index is 14.1. The van der Waals surface area contributed by atoms with Gasteiger partial charge in [0, 0.05) is 28.8 Å². The molecular formula is C19H16BrF2NO3. The van der Waals surface area contributed by atoms with E-state index in [0.717, 1.165) is 6.07 Å². The van der Waals surface area contributed by atoms with Crippen LogP contribution in [0.15, 0.2) is 36.5 Å². The first-order valence-electron chi connectivity index (χ1n) is 7.91. The molecule has 4 nitrogen and oxygen atoms in total. The Labute approximate surface area is 156 Å². The highest BCUT2D eigenvalue weighted by Gasteiger charge is 2.25. The molecule has 0 amide bonds.